The van der Waals surface area contributed by atoms with Gasteiger partial charge in [0.2, 0.25) is 11.1 Å². The van der Waals surface area contributed by atoms with Gasteiger partial charge < -0.3 is 10.1 Å². The second-order valence-corrected chi connectivity index (χ2v) is 7.99. The van der Waals surface area contributed by atoms with Gasteiger partial charge in [-0.2, -0.15) is 4.98 Å². The van der Waals surface area contributed by atoms with Crippen molar-refractivity contribution in [1.29, 1.82) is 0 Å². The van der Waals surface area contributed by atoms with Gasteiger partial charge in [-0.25, -0.2) is 9.48 Å². The van der Waals surface area contributed by atoms with Crippen LogP contribution in [0.25, 0.3) is 0 Å². The number of hydrogen-bond acceptors (Lipinski definition) is 8. The summed E-state index contributed by atoms with van der Waals surface area (Å²) in [6.07, 6.45) is 0. The van der Waals surface area contributed by atoms with Crippen LogP contribution in [0.4, 0.5) is 11.6 Å². The fourth-order valence-corrected chi connectivity index (χ4v) is 3.77. The number of anilines is 1. The van der Waals surface area contributed by atoms with E-state index < -0.39 is 16.9 Å². The van der Waals surface area contributed by atoms with E-state index in [4.69, 9.17) is 4.74 Å². The Kier molecular flexibility index (Phi) is 6.21. The smallest absolute Gasteiger partial charge is 0.338 e. The van der Waals surface area contributed by atoms with Gasteiger partial charge in [0.15, 0.2) is 0 Å². The largest absolute Gasteiger partial charge is 0.463 e. The molecule has 2 heterocycles. The summed E-state index contributed by atoms with van der Waals surface area (Å²) in [7, 11) is 0. The molecule has 0 saturated heterocycles. The normalized spacial score (nSPS) is 15.8. The first-order valence-electron chi connectivity index (χ1n) is 9.30. The lowest BCUT2D eigenvalue weighted by atomic mass is 9.95. The van der Waals surface area contributed by atoms with Crippen molar-refractivity contribution in [1.82, 2.24) is 14.8 Å². The molecule has 29 heavy (non-hydrogen) atoms. The number of nitro groups is 1. The van der Waals surface area contributed by atoms with Crippen molar-refractivity contribution in [2.24, 2.45) is 5.92 Å². The molecule has 1 aromatic carbocycles. The van der Waals surface area contributed by atoms with Crippen molar-refractivity contribution >= 4 is 29.4 Å². The van der Waals surface area contributed by atoms with Gasteiger partial charge in [-0.1, -0.05) is 25.6 Å². The highest BCUT2D eigenvalue weighted by Crippen LogP contribution is 2.37. The van der Waals surface area contributed by atoms with Crippen LogP contribution in [-0.4, -0.2) is 38.0 Å². The fourth-order valence-electron chi connectivity index (χ4n) is 2.99. The molecule has 0 amide bonds. The number of carbonyl (C=O) groups excluding carboxylic acids is 1. The van der Waals surface area contributed by atoms with Crippen LogP contribution in [0.1, 0.15) is 39.3 Å². The van der Waals surface area contributed by atoms with Crippen LogP contribution < -0.4 is 5.32 Å². The molecule has 1 aromatic heterocycles. The Morgan fingerprint density at radius 3 is 2.66 bits per heavy atom. The molecule has 154 valence electrons. The molecule has 0 fully saturated rings. The number of hydrogen-bond donors (Lipinski definition) is 1. The molecule has 10 heteroatoms. The molecular formula is C19H23N5O4S. The first-order chi connectivity index (χ1) is 13.8. The molecule has 0 bridgehead atoms. The zero-order valence-corrected chi connectivity index (χ0v) is 17.5. The van der Waals surface area contributed by atoms with Gasteiger partial charge in [0.25, 0.3) is 5.69 Å². The number of ether oxygens (including phenoxy) is 1. The Morgan fingerprint density at radius 1 is 1.38 bits per heavy atom. The number of benzene rings is 1. The van der Waals surface area contributed by atoms with Gasteiger partial charge in [-0.15, -0.1) is 5.10 Å². The summed E-state index contributed by atoms with van der Waals surface area (Å²) in [5, 5.41) is 19.3. The molecule has 9 nitrogen and oxygen atoms in total. The number of esters is 1. The number of nitrogens with one attached hydrogen (secondary N) is 1. The van der Waals surface area contributed by atoms with Crippen LogP contribution in [0.2, 0.25) is 0 Å². The SMILES string of the molecule is CCOC(=O)C1=C(C)Nc2nc(SCC(C)C)nn2C1c1ccc([N+](=O)[O-])cc1. The average molecular weight is 417 g/mol. The van der Waals surface area contributed by atoms with E-state index in [2.05, 4.69) is 29.2 Å². The Labute approximate surface area is 172 Å². The number of nitrogens with zero attached hydrogens (tertiary/aromatic N) is 4. The molecule has 1 N–H and O–H groups in total. The van der Waals surface area contributed by atoms with E-state index in [0.717, 1.165) is 5.75 Å². The molecule has 1 aliphatic rings. The van der Waals surface area contributed by atoms with Crippen molar-refractivity contribution in [3.05, 3.63) is 51.2 Å². The summed E-state index contributed by atoms with van der Waals surface area (Å²) in [5.41, 5.74) is 1.68. The molecule has 0 saturated carbocycles. The summed E-state index contributed by atoms with van der Waals surface area (Å²) in [6.45, 7) is 8.00. The number of thioether (sulfide) groups is 1. The topological polar surface area (TPSA) is 112 Å². The Morgan fingerprint density at radius 2 is 2.07 bits per heavy atom. The predicted molar refractivity (Wildman–Crippen MR) is 110 cm³/mol. The highest BCUT2D eigenvalue weighted by molar-refractivity contribution is 7.99. The van der Waals surface area contributed by atoms with E-state index >= 15 is 0 Å². The van der Waals surface area contributed by atoms with Crippen LogP contribution in [-0.2, 0) is 9.53 Å². The molecule has 0 aliphatic carbocycles. The summed E-state index contributed by atoms with van der Waals surface area (Å²) in [6, 6.07) is 5.51. The minimum Gasteiger partial charge on any atom is -0.463 e. The molecule has 1 atom stereocenters. The van der Waals surface area contributed by atoms with Crippen LogP contribution in [0.3, 0.4) is 0 Å². The van der Waals surface area contributed by atoms with Gasteiger partial charge in [-0.3, -0.25) is 10.1 Å². The van der Waals surface area contributed by atoms with E-state index in [1.807, 2.05) is 0 Å². The first kappa shape index (κ1) is 20.8. The van der Waals surface area contributed by atoms with Gasteiger partial charge in [-0.05, 0) is 37.5 Å². The number of fused-ring (bicyclic) bond motifs is 1. The maximum Gasteiger partial charge on any atom is 0.338 e. The zero-order chi connectivity index (χ0) is 21.1. The quantitative estimate of drug-likeness (QED) is 0.313. The standard InChI is InChI=1S/C19H23N5O4S/c1-5-28-17(25)15-12(4)20-18-21-19(29-10-11(2)3)22-23(18)16(15)13-6-8-14(9-7-13)24(26)27/h6-9,11,16H,5,10H2,1-4H3,(H,20,21,22). The molecule has 0 spiro atoms. The molecule has 2 aromatic rings. The number of nitro benzene ring substituents is 1. The van der Waals surface area contributed by atoms with Crippen LogP contribution in [0.5, 0.6) is 0 Å². The van der Waals surface area contributed by atoms with Crippen molar-refractivity contribution in [2.45, 2.75) is 38.9 Å². The number of carbonyl (C=O) groups is 1. The minimum atomic E-state index is -0.591. The van der Waals surface area contributed by atoms with Crippen molar-refractivity contribution in [3.8, 4) is 0 Å². The van der Waals surface area contributed by atoms with E-state index in [0.29, 0.717) is 33.9 Å². The third-order valence-electron chi connectivity index (χ3n) is 4.29. The van der Waals surface area contributed by atoms with Crippen molar-refractivity contribution < 1.29 is 14.5 Å². The van der Waals surface area contributed by atoms with E-state index in [1.165, 1.54) is 23.9 Å². The lowest BCUT2D eigenvalue weighted by Gasteiger charge is -2.28. The van der Waals surface area contributed by atoms with E-state index in [9.17, 15) is 14.9 Å². The number of rotatable bonds is 7. The summed E-state index contributed by atoms with van der Waals surface area (Å²) >= 11 is 1.54. The van der Waals surface area contributed by atoms with Gasteiger partial charge in [0.1, 0.15) is 6.04 Å². The highest BCUT2D eigenvalue weighted by Gasteiger charge is 2.35. The molecule has 1 aliphatic heterocycles. The third-order valence-corrected chi connectivity index (χ3v) is 5.56. The Hall–Kier alpha value is -2.88. The maximum absolute atomic E-state index is 12.7. The summed E-state index contributed by atoms with van der Waals surface area (Å²) < 4.78 is 6.90. The lowest BCUT2D eigenvalue weighted by Crippen LogP contribution is -2.29. The van der Waals surface area contributed by atoms with E-state index in [1.54, 1.807) is 30.7 Å². The molecule has 3 rings (SSSR count). The first-order valence-corrected chi connectivity index (χ1v) is 10.3. The van der Waals surface area contributed by atoms with Crippen LogP contribution in [0.15, 0.2) is 40.7 Å². The van der Waals surface area contributed by atoms with Crippen molar-refractivity contribution in [3.63, 3.8) is 0 Å². The number of non-ortho nitro benzene ring substituents is 1. The summed E-state index contributed by atoms with van der Waals surface area (Å²) in [4.78, 5) is 27.8. The fraction of sp³-hybridized carbons (Fsp3) is 0.421. The molecule has 1 unspecified atom stereocenters. The second kappa shape index (κ2) is 8.64. The van der Waals surface area contributed by atoms with Gasteiger partial charge in [0.05, 0.1) is 17.1 Å². The molecule has 0 radical (unpaired) electrons. The van der Waals surface area contributed by atoms with Gasteiger partial charge >= 0.3 is 5.97 Å². The van der Waals surface area contributed by atoms with Gasteiger partial charge in [0, 0.05) is 23.6 Å². The van der Waals surface area contributed by atoms with Crippen molar-refractivity contribution in [2.75, 3.05) is 17.7 Å². The Bertz CT molecular complexity index is 952. The second-order valence-electron chi connectivity index (χ2n) is 7.00. The van der Waals surface area contributed by atoms with Crippen LogP contribution >= 0.6 is 11.8 Å². The predicted octanol–water partition coefficient (Wildman–Crippen LogP) is 3.79. The maximum atomic E-state index is 12.7. The number of aromatic nitrogens is 3. The van der Waals surface area contributed by atoms with Crippen LogP contribution in [0, 0.1) is 16.0 Å². The monoisotopic (exact) mass is 417 g/mol. The third kappa shape index (κ3) is 4.42. The summed E-state index contributed by atoms with van der Waals surface area (Å²) in [5.74, 6) is 1.40. The highest BCUT2D eigenvalue weighted by atomic mass is 32.2. The Balaban J connectivity index is 2.06. The lowest BCUT2D eigenvalue weighted by molar-refractivity contribution is -0.384. The average Bonchev–Trinajstić information content (AvgIpc) is 3.07. The minimum absolute atomic E-state index is 0.0203. The number of allylic oxidation sites excluding steroid dienone is 1. The molecular weight excluding hydrogens is 394 g/mol. The zero-order valence-electron chi connectivity index (χ0n) is 16.7. The van der Waals surface area contributed by atoms with E-state index in [-0.39, 0.29) is 12.3 Å².